The summed E-state index contributed by atoms with van der Waals surface area (Å²) < 4.78 is 6.11. The van der Waals surface area contributed by atoms with E-state index in [2.05, 4.69) is 33.0 Å². The van der Waals surface area contributed by atoms with Crippen LogP contribution < -0.4 is 5.32 Å². The largest absolute Gasteiger partial charge is 0.370 e. The first-order valence-corrected chi connectivity index (χ1v) is 7.69. The molecule has 3 aromatic rings. The molecule has 6 heteroatoms. The van der Waals surface area contributed by atoms with Gasteiger partial charge in [-0.15, -0.1) is 0 Å². The molecule has 3 rings (SSSR count). The van der Waals surface area contributed by atoms with E-state index in [-0.39, 0.29) is 0 Å². The van der Waals surface area contributed by atoms with Gasteiger partial charge in [0.15, 0.2) is 0 Å². The SMILES string of the molecule is Cc1nsc(NCc2cnn(Cc3ccccc3)c2)c1C#N. The van der Waals surface area contributed by atoms with Gasteiger partial charge < -0.3 is 5.32 Å². The molecule has 0 saturated heterocycles. The van der Waals surface area contributed by atoms with E-state index in [1.54, 1.807) is 0 Å². The smallest absolute Gasteiger partial charge is 0.127 e. The van der Waals surface area contributed by atoms with E-state index in [0.717, 1.165) is 22.8 Å². The summed E-state index contributed by atoms with van der Waals surface area (Å²) in [5.74, 6) is 0. The minimum absolute atomic E-state index is 0.627. The fourth-order valence-electron chi connectivity index (χ4n) is 2.16. The predicted octanol–water partition coefficient (Wildman–Crippen LogP) is 3.18. The second-order valence-corrected chi connectivity index (χ2v) is 5.74. The first-order valence-electron chi connectivity index (χ1n) is 6.92. The molecular weight excluding hydrogens is 294 g/mol. The van der Waals surface area contributed by atoms with E-state index in [9.17, 15) is 0 Å². The second-order valence-electron chi connectivity index (χ2n) is 4.97. The number of aryl methyl sites for hydroxylation is 1. The molecule has 0 unspecified atom stereocenters. The van der Waals surface area contributed by atoms with Crippen molar-refractivity contribution in [2.75, 3.05) is 5.32 Å². The molecule has 0 aliphatic rings. The maximum Gasteiger partial charge on any atom is 0.127 e. The van der Waals surface area contributed by atoms with E-state index >= 15 is 0 Å². The van der Waals surface area contributed by atoms with Crippen molar-refractivity contribution < 1.29 is 0 Å². The molecule has 0 radical (unpaired) electrons. The van der Waals surface area contributed by atoms with E-state index in [0.29, 0.717) is 12.1 Å². The highest BCUT2D eigenvalue weighted by Gasteiger charge is 2.09. The van der Waals surface area contributed by atoms with Crippen LogP contribution in [0.2, 0.25) is 0 Å². The number of hydrogen-bond donors (Lipinski definition) is 1. The Kier molecular flexibility index (Phi) is 4.17. The summed E-state index contributed by atoms with van der Waals surface area (Å²) in [6.45, 7) is 3.23. The standard InChI is InChI=1S/C16H15N5S/c1-12-15(7-17)16(22-20-12)18-8-14-9-19-21(11-14)10-13-5-3-2-4-6-13/h2-6,9,11,18H,8,10H2,1H3. The normalized spacial score (nSPS) is 10.4. The number of rotatable bonds is 5. The summed E-state index contributed by atoms with van der Waals surface area (Å²) >= 11 is 1.32. The van der Waals surface area contributed by atoms with Crippen LogP contribution in [0.1, 0.15) is 22.4 Å². The number of anilines is 1. The third-order valence-corrected chi connectivity index (χ3v) is 4.20. The van der Waals surface area contributed by atoms with Crippen molar-refractivity contribution in [3.05, 3.63) is 65.1 Å². The molecule has 22 heavy (non-hydrogen) atoms. The Hall–Kier alpha value is -2.65. The number of hydrogen-bond acceptors (Lipinski definition) is 5. The predicted molar refractivity (Wildman–Crippen MR) is 86.7 cm³/mol. The van der Waals surface area contributed by atoms with Crippen molar-refractivity contribution in [2.45, 2.75) is 20.0 Å². The van der Waals surface area contributed by atoms with Gasteiger partial charge in [-0.3, -0.25) is 4.68 Å². The lowest BCUT2D eigenvalue weighted by molar-refractivity contribution is 0.686. The molecule has 5 nitrogen and oxygen atoms in total. The summed E-state index contributed by atoms with van der Waals surface area (Å²) in [4.78, 5) is 0. The molecule has 0 spiro atoms. The Balaban J connectivity index is 1.64. The third-order valence-electron chi connectivity index (χ3n) is 3.30. The molecule has 0 aliphatic carbocycles. The van der Waals surface area contributed by atoms with E-state index in [4.69, 9.17) is 5.26 Å². The lowest BCUT2D eigenvalue weighted by Gasteiger charge is -2.02. The van der Waals surface area contributed by atoms with Crippen LogP contribution in [0, 0.1) is 18.3 Å². The number of aromatic nitrogens is 3. The molecule has 1 N–H and O–H groups in total. The molecule has 0 fully saturated rings. The van der Waals surface area contributed by atoms with Crippen molar-refractivity contribution >= 4 is 16.5 Å². The summed E-state index contributed by atoms with van der Waals surface area (Å²) in [6.07, 6.45) is 3.86. The van der Waals surface area contributed by atoms with Gasteiger partial charge in [0.05, 0.1) is 18.4 Å². The van der Waals surface area contributed by atoms with Crippen LogP contribution >= 0.6 is 11.5 Å². The van der Waals surface area contributed by atoms with Crippen LogP contribution in [0.3, 0.4) is 0 Å². The van der Waals surface area contributed by atoms with Crippen LogP contribution in [0.4, 0.5) is 5.00 Å². The highest BCUT2D eigenvalue weighted by Crippen LogP contribution is 2.23. The number of benzene rings is 1. The second kappa shape index (κ2) is 6.41. The average Bonchev–Trinajstić information content (AvgIpc) is 3.12. The van der Waals surface area contributed by atoms with Gasteiger partial charge >= 0.3 is 0 Å². The number of nitrogens with one attached hydrogen (secondary N) is 1. The van der Waals surface area contributed by atoms with Gasteiger partial charge in [0, 0.05) is 18.3 Å². The van der Waals surface area contributed by atoms with Crippen LogP contribution in [-0.4, -0.2) is 14.2 Å². The zero-order chi connectivity index (χ0) is 15.4. The lowest BCUT2D eigenvalue weighted by atomic mass is 10.2. The third kappa shape index (κ3) is 3.15. The van der Waals surface area contributed by atoms with Crippen LogP contribution in [-0.2, 0) is 13.1 Å². The maximum absolute atomic E-state index is 9.11. The zero-order valence-electron chi connectivity index (χ0n) is 12.2. The van der Waals surface area contributed by atoms with E-state index in [1.807, 2.05) is 42.2 Å². The van der Waals surface area contributed by atoms with Gasteiger partial charge in [0.1, 0.15) is 16.6 Å². The van der Waals surface area contributed by atoms with Gasteiger partial charge in [-0.1, -0.05) is 30.3 Å². The van der Waals surface area contributed by atoms with Crippen molar-refractivity contribution in [3.8, 4) is 6.07 Å². The number of nitriles is 1. The van der Waals surface area contributed by atoms with E-state index < -0.39 is 0 Å². The molecule has 0 atom stereocenters. The van der Waals surface area contributed by atoms with Crippen LogP contribution in [0.25, 0.3) is 0 Å². The van der Waals surface area contributed by atoms with Crippen LogP contribution in [0.5, 0.6) is 0 Å². The number of nitrogens with zero attached hydrogens (tertiary/aromatic N) is 4. The lowest BCUT2D eigenvalue weighted by Crippen LogP contribution is -2.00. The molecular formula is C16H15N5S. The fourth-order valence-corrected chi connectivity index (χ4v) is 2.90. The van der Waals surface area contributed by atoms with E-state index in [1.165, 1.54) is 17.1 Å². The molecule has 2 heterocycles. The maximum atomic E-state index is 9.11. The summed E-state index contributed by atoms with van der Waals surface area (Å²) in [7, 11) is 0. The minimum atomic E-state index is 0.627. The average molecular weight is 309 g/mol. The molecule has 110 valence electrons. The van der Waals surface area contributed by atoms with Crippen molar-refractivity contribution in [1.82, 2.24) is 14.2 Å². The Morgan fingerprint density at radius 3 is 2.86 bits per heavy atom. The highest BCUT2D eigenvalue weighted by molar-refractivity contribution is 7.10. The van der Waals surface area contributed by atoms with Gasteiger partial charge in [0.2, 0.25) is 0 Å². The Bertz CT molecular complexity index is 798. The Labute approximate surface area is 133 Å². The van der Waals surface area contributed by atoms with Gasteiger partial charge in [0.25, 0.3) is 0 Å². The Morgan fingerprint density at radius 2 is 2.09 bits per heavy atom. The molecule has 0 bridgehead atoms. The summed E-state index contributed by atoms with van der Waals surface area (Å²) in [5.41, 5.74) is 3.69. The molecule has 2 aromatic heterocycles. The molecule has 0 aliphatic heterocycles. The minimum Gasteiger partial charge on any atom is -0.370 e. The highest BCUT2D eigenvalue weighted by atomic mass is 32.1. The van der Waals surface area contributed by atoms with Gasteiger partial charge in [-0.05, 0) is 24.0 Å². The fraction of sp³-hybridized carbons (Fsp3) is 0.188. The topological polar surface area (TPSA) is 66.5 Å². The van der Waals surface area contributed by atoms with Gasteiger partial charge in [-0.25, -0.2) is 0 Å². The quantitative estimate of drug-likeness (QED) is 0.786. The van der Waals surface area contributed by atoms with Crippen LogP contribution in [0.15, 0.2) is 42.7 Å². The van der Waals surface area contributed by atoms with Gasteiger partial charge in [-0.2, -0.15) is 14.7 Å². The summed E-state index contributed by atoms with van der Waals surface area (Å²) in [5, 5.41) is 17.6. The van der Waals surface area contributed by atoms with Crippen molar-refractivity contribution in [2.24, 2.45) is 0 Å². The molecule has 0 amide bonds. The zero-order valence-corrected chi connectivity index (χ0v) is 13.0. The molecule has 1 aromatic carbocycles. The monoisotopic (exact) mass is 309 g/mol. The molecule has 0 saturated carbocycles. The van der Waals surface area contributed by atoms with Crippen molar-refractivity contribution in [3.63, 3.8) is 0 Å². The van der Waals surface area contributed by atoms with Crippen molar-refractivity contribution in [1.29, 1.82) is 5.26 Å². The first-order chi connectivity index (χ1) is 10.8. The Morgan fingerprint density at radius 1 is 1.27 bits per heavy atom. The first kappa shape index (κ1) is 14.3. The summed E-state index contributed by atoms with van der Waals surface area (Å²) in [6, 6.07) is 12.4.